The molecule has 0 radical (unpaired) electrons. The van der Waals surface area contributed by atoms with E-state index < -0.39 is 28.9 Å². The zero-order valence-electron chi connectivity index (χ0n) is 13.9. The zero-order chi connectivity index (χ0) is 18.2. The Morgan fingerprint density at radius 2 is 2.00 bits per heavy atom. The van der Waals surface area contributed by atoms with Crippen molar-refractivity contribution < 1.29 is 13.6 Å². The van der Waals surface area contributed by atoms with Crippen LogP contribution in [-0.4, -0.2) is 5.91 Å². The smallest absolute Gasteiger partial charge is 0.224 e. The Morgan fingerprint density at radius 3 is 2.56 bits per heavy atom. The van der Waals surface area contributed by atoms with E-state index in [0.717, 1.165) is 31.7 Å². The summed E-state index contributed by atoms with van der Waals surface area (Å²) in [6.07, 6.45) is 4.67. The van der Waals surface area contributed by atoms with Crippen LogP contribution in [0.4, 0.5) is 8.78 Å². The highest BCUT2D eigenvalue weighted by atomic mass is 35.5. The molecule has 0 aromatic heterocycles. The van der Waals surface area contributed by atoms with Crippen LogP contribution in [-0.2, 0) is 4.79 Å². The number of nitriles is 1. The minimum atomic E-state index is -1.10. The van der Waals surface area contributed by atoms with Gasteiger partial charge in [-0.1, -0.05) is 24.4 Å². The number of hydrogen-bond donors (Lipinski definition) is 1. The second-order valence-corrected chi connectivity index (χ2v) is 7.78. The van der Waals surface area contributed by atoms with Crippen LogP contribution in [0.3, 0.4) is 0 Å². The van der Waals surface area contributed by atoms with Crippen LogP contribution in [0.2, 0.25) is 5.02 Å². The van der Waals surface area contributed by atoms with Crippen LogP contribution in [0.1, 0.15) is 56.4 Å². The van der Waals surface area contributed by atoms with Gasteiger partial charge in [-0.15, -0.1) is 0 Å². The van der Waals surface area contributed by atoms with Crippen LogP contribution >= 0.6 is 11.6 Å². The average Bonchev–Trinajstić information content (AvgIpc) is 3.25. The molecule has 1 aromatic carbocycles. The SMILES string of the molecule is N#CC1CCC(C(N)=O)([C@@H](c2c(F)ccc(Cl)c2F)C2CCCC2)C1. The maximum Gasteiger partial charge on any atom is 0.224 e. The summed E-state index contributed by atoms with van der Waals surface area (Å²) < 4.78 is 29.5. The number of benzene rings is 1. The first kappa shape index (κ1) is 18.1. The van der Waals surface area contributed by atoms with Gasteiger partial charge in [-0.2, -0.15) is 5.26 Å². The topological polar surface area (TPSA) is 66.9 Å². The molecule has 0 spiro atoms. The van der Waals surface area contributed by atoms with Gasteiger partial charge in [0.15, 0.2) is 0 Å². The first-order valence-corrected chi connectivity index (χ1v) is 9.11. The Kier molecular flexibility index (Phi) is 5.02. The standard InChI is InChI=1S/C19H21ClF2N2O/c20-13-5-6-14(21)15(17(13)22)16(12-3-1-2-4-12)19(18(24)25)8-7-11(9-19)10-23/h5-6,11-12,16H,1-4,7-9H2,(H2,24,25)/t11?,16-,19?/m1/s1. The monoisotopic (exact) mass is 366 g/mol. The molecule has 2 fully saturated rings. The van der Waals surface area contributed by atoms with Crippen molar-refractivity contribution in [2.75, 3.05) is 0 Å². The van der Waals surface area contributed by atoms with Gasteiger partial charge in [0.05, 0.1) is 16.5 Å². The molecule has 2 aliphatic carbocycles. The van der Waals surface area contributed by atoms with E-state index in [1.165, 1.54) is 6.07 Å². The Hall–Kier alpha value is -1.67. The number of hydrogen-bond acceptors (Lipinski definition) is 2. The van der Waals surface area contributed by atoms with E-state index in [1.807, 2.05) is 0 Å². The summed E-state index contributed by atoms with van der Waals surface area (Å²) in [5, 5.41) is 9.12. The van der Waals surface area contributed by atoms with E-state index in [0.29, 0.717) is 12.8 Å². The van der Waals surface area contributed by atoms with E-state index in [1.54, 1.807) is 0 Å². The summed E-state index contributed by atoms with van der Waals surface area (Å²) >= 11 is 5.91. The minimum Gasteiger partial charge on any atom is -0.369 e. The molecule has 0 heterocycles. The zero-order valence-corrected chi connectivity index (χ0v) is 14.7. The van der Waals surface area contributed by atoms with Crippen LogP contribution < -0.4 is 5.73 Å². The molecule has 2 saturated carbocycles. The third-order valence-electron chi connectivity index (χ3n) is 6.08. The fourth-order valence-electron chi connectivity index (χ4n) is 4.93. The predicted octanol–water partition coefficient (Wildman–Crippen LogP) is 4.69. The van der Waals surface area contributed by atoms with Gasteiger partial charge in [0.25, 0.3) is 0 Å². The number of halogens is 3. The molecule has 3 atom stereocenters. The third kappa shape index (κ3) is 3.01. The molecule has 25 heavy (non-hydrogen) atoms. The number of primary amides is 1. The van der Waals surface area contributed by atoms with E-state index in [4.69, 9.17) is 17.3 Å². The molecule has 3 nitrogen and oxygen atoms in total. The van der Waals surface area contributed by atoms with E-state index in [9.17, 15) is 18.8 Å². The van der Waals surface area contributed by atoms with Crippen molar-refractivity contribution in [3.63, 3.8) is 0 Å². The molecule has 1 aromatic rings. The maximum absolute atomic E-state index is 14.8. The Labute approximate surface area is 151 Å². The first-order valence-electron chi connectivity index (χ1n) is 8.73. The molecule has 0 bridgehead atoms. The van der Waals surface area contributed by atoms with Crippen molar-refractivity contribution in [2.45, 2.75) is 50.9 Å². The molecule has 6 heteroatoms. The van der Waals surface area contributed by atoms with Gasteiger partial charge >= 0.3 is 0 Å². The summed E-state index contributed by atoms with van der Waals surface area (Å²) in [6.45, 7) is 0. The lowest BCUT2D eigenvalue weighted by molar-refractivity contribution is -0.130. The third-order valence-corrected chi connectivity index (χ3v) is 6.37. The number of carbonyl (C=O) groups excluding carboxylic acids is 1. The number of amides is 1. The van der Waals surface area contributed by atoms with E-state index in [-0.39, 0.29) is 28.8 Å². The largest absolute Gasteiger partial charge is 0.369 e. The summed E-state index contributed by atoms with van der Waals surface area (Å²) in [7, 11) is 0. The molecule has 134 valence electrons. The summed E-state index contributed by atoms with van der Waals surface area (Å²) in [6, 6.07) is 4.52. The fraction of sp³-hybridized carbons (Fsp3) is 0.579. The summed E-state index contributed by atoms with van der Waals surface area (Å²) in [4.78, 5) is 12.5. The van der Waals surface area contributed by atoms with Crippen LogP contribution in [0.15, 0.2) is 12.1 Å². The Balaban J connectivity index is 2.18. The van der Waals surface area contributed by atoms with Crippen molar-refractivity contribution in [2.24, 2.45) is 23.0 Å². The number of rotatable bonds is 4. The van der Waals surface area contributed by atoms with Crippen LogP contribution in [0.5, 0.6) is 0 Å². The van der Waals surface area contributed by atoms with Gasteiger partial charge in [0.2, 0.25) is 5.91 Å². The summed E-state index contributed by atoms with van der Waals surface area (Å²) in [5.74, 6) is -3.10. The van der Waals surface area contributed by atoms with Crippen molar-refractivity contribution in [3.8, 4) is 6.07 Å². The Bertz CT molecular complexity index is 727. The normalized spacial score (nSPS) is 28.0. The second kappa shape index (κ2) is 6.92. The van der Waals surface area contributed by atoms with Gasteiger partial charge in [0.1, 0.15) is 11.6 Å². The molecule has 2 N–H and O–H groups in total. The molecule has 2 aliphatic rings. The highest BCUT2D eigenvalue weighted by Gasteiger charge is 2.54. The molecule has 2 unspecified atom stereocenters. The fourth-order valence-corrected chi connectivity index (χ4v) is 5.09. The lowest BCUT2D eigenvalue weighted by atomic mass is 9.63. The molecule has 3 rings (SSSR count). The van der Waals surface area contributed by atoms with Crippen molar-refractivity contribution in [3.05, 3.63) is 34.4 Å². The number of nitrogens with zero attached hydrogens (tertiary/aromatic N) is 1. The highest BCUT2D eigenvalue weighted by Crippen LogP contribution is 2.57. The van der Waals surface area contributed by atoms with E-state index >= 15 is 0 Å². The molecular formula is C19H21ClF2N2O. The average molecular weight is 367 g/mol. The molecule has 1 amide bonds. The van der Waals surface area contributed by atoms with Crippen LogP contribution in [0, 0.1) is 40.2 Å². The number of carbonyl (C=O) groups is 1. The molecule has 0 saturated heterocycles. The van der Waals surface area contributed by atoms with Gasteiger partial charge in [0, 0.05) is 17.4 Å². The van der Waals surface area contributed by atoms with Crippen LogP contribution in [0.25, 0.3) is 0 Å². The van der Waals surface area contributed by atoms with Crippen molar-refractivity contribution >= 4 is 17.5 Å². The van der Waals surface area contributed by atoms with Crippen molar-refractivity contribution in [1.82, 2.24) is 0 Å². The minimum absolute atomic E-state index is 0.0348. The first-order chi connectivity index (χ1) is 11.9. The molecular weight excluding hydrogens is 346 g/mol. The lowest BCUT2D eigenvalue weighted by Gasteiger charge is -2.39. The quantitative estimate of drug-likeness (QED) is 0.785. The maximum atomic E-state index is 14.8. The Morgan fingerprint density at radius 1 is 1.32 bits per heavy atom. The van der Waals surface area contributed by atoms with Gasteiger partial charge in [-0.25, -0.2) is 8.78 Å². The predicted molar refractivity (Wildman–Crippen MR) is 90.6 cm³/mol. The summed E-state index contributed by atoms with van der Waals surface area (Å²) in [5.41, 5.74) is 4.54. The van der Waals surface area contributed by atoms with Gasteiger partial charge in [-0.3, -0.25) is 4.79 Å². The number of nitrogens with two attached hydrogens (primary N) is 1. The van der Waals surface area contributed by atoms with Gasteiger partial charge < -0.3 is 5.73 Å². The second-order valence-electron chi connectivity index (χ2n) is 7.37. The highest BCUT2D eigenvalue weighted by molar-refractivity contribution is 6.30. The molecule has 0 aliphatic heterocycles. The van der Waals surface area contributed by atoms with Crippen molar-refractivity contribution in [1.29, 1.82) is 5.26 Å². The van der Waals surface area contributed by atoms with E-state index in [2.05, 4.69) is 6.07 Å². The lowest BCUT2D eigenvalue weighted by Crippen LogP contribution is -2.43. The van der Waals surface area contributed by atoms with Gasteiger partial charge in [-0.05, 0) is 50.2 Å².